The van der Waals surface area contributed by atoms with E-state index in [1.54, 1.807) is 0 Å². The zero-order valence-electron chi connectivity index (χ0n) is 10.8. The number of hydrogen-bond acceptors (Lipinski definition) is 3. The molecule has 0 amide bonds. The number of benzene rings is 1. The third-order valence-corrected chi connectivity index (χ3v) is 3.10. The molecular formula is C14H22O3. The van der Waals surface area contributed by atoms with Gasteiger partial charge in [0, 0.05) is 0 Å². The lowest BCUT2D eigenvalue weighted by Gasteiger charge is -2.22. The van der Waals surface area contributed by atoms with E-state index in [9.17, 15) is 10.2 Å². The van der Waals surface area contributed by atoms with E-state index in [1.807, 2.05) is 32.9 Å². The average molecular weight is 238 g/mol. The van der Waals surface area contributed by atoms with Gasteiger partial charge in [-0.15, -0.1) is 0 Å². The van der Waals surface area contributed by atoms with Crippen LogP contribution in [-0.2, 0) is 12.8 Å². The summed E-state index contributed by atoms with van der Waals surface area (Å²) in [5.41, 5.74) is 4.03. The third-order valence-electron chi connectivity index (χ3n) is 3.10. The van der Waals surface area contributed by atoms with Crippen molar-refractivity contribution in [1.29, 1.82) is 0 Å². The predicted molar refractivity (Wildman–Crippen MR) is 68.0 cm³/mol. The van der Waals surface area contributed by atoms with Crippen LogP contribution >= 0.6 is 0 Å². The molecule has 0 bridgehead atoms. The molecule has 0 heterocycles. The smallest absolute Gasteiger partial charge is 0.108 e. The highest BCUT2D eigenvalue weighted by Gasteiger charge is 2.22. The molecule has 0 aliphatic heterocycles. The van der Waals surface area contributed by atoms with Gasteiger partial charge in [-0.3, -0.25) is 0 Å². The largest absolute Gasteiger partial charge is 0.394 e. The highest BCUT2D eigenvalue weighted by Crippen LogP contribution is 2.27. The van der Waals surface area contributed by atoms with E-state index >= 15 is 0 Å². The predicted octanol–water partition coefficient (Wildman–Crippen LogP) is 1.51. The maximum Gasteiger partial charge on any atom is 0.108 e. The Hall–Kier alpha value is -0.900. The molecule has 0 aliphatic rings. The van der Waals surface area contributed by atoms with Gasteiger partial charge in [0.25, 0.3) is 0 Å². The van der Waals surface area contributed by atoms with Gasteiger partial charge in [-0.2, -0.15) is 0 Å². The third kappa shape index (κ3) is 3.06. The summed E-state index contributed by atoms with van der Waals surface area (Å²) in [6.07, 6.45) is -0.517. The van der Waals surface area contributed by atoms with Gasteiger partial charge in [-0.1, -0.05) is 31.5 Å². The summed E-state index contributed by atoms with van der Waals surface area (Å²) in [5, 5.41) is 28.6. The van der Waals surface area contributed by atoms with Crippen LogP contribution < -0.4 is 0 Å². The molecule has 3 nitrogen and oxygen atoms in total. The van der Waals surface area contributed by atoms with Gasteiger partial charge >= 0.3 is 0 Å². The van der Waals surface area contributed by atoms with Crippen molar-refractivity contribution in [2.24, 2.45) is 0 Å². The van der Waals surface area contributed by atoms with Crippen LogP contribution in [0, 0.1) is 6.92 Å². The first-order chi connectivity index (χ1) is 8.04. The fraction of sp³-hybridized carbons (Fsp3) is 0.571. The van der Waals surface area contributed by atoms with Crippen LogP contribution in [0.2, 0.25) is 0 Å². The van der Waals surface area contributed by atoms with Crippen LogP contribution in [0.4, 0.5) is 0 Å². The highest BCUT2D eigenvalue weighted by atomic mass is 16.4. The van der Waals surface area contributed by atoms with E-state index in [1.165, 1.54) is 0 Å². The minimum atomic E-state index is -1.12. The van der Waals surface area contributed by atoms with Crippen LogP contribution in [0.25, 0.3) is 0 Å². The van der Waals surface area contributed by atoms with Gasteiger partial charge in [-0.05, 0) is 36.5 Å². The molecular weight excluding hydrogens is 216 g/mol. The van der Waals surface area contributed by atoms with Crippen molar-refractivity contribution in [3.63, 3.8) is 0 Å². The lowest BCUT2D eigenvalue weighted by atomic mass is 9.89. The molecule has 0 saturated carbocycles. The van der Waals surface area contributed by atoms with Crippen LogP contribution in [0.1, 0.15) is 42.2 Å². The topological polar surface area (TPSA) is 60.7 Å². The number of aliphatic hydroxyl groups is 3. The van der Waals surface area contributed by atoms with Gasteiger partial charge in [0.15, 0.2) is 0 Å². The Labute approximate surface area is 103 Å². The molecule has 0 saturated heterocycles. The van der Waals surface area contributed by atoms with Crippen LogP contribution in [0.15, 0.2) is 12.1 Å². The molecule has 17 heavy (non-hydrogen) atoms. The number of aryl methyl sites for hydroxylation is 3. The number of rotatable bonds is 5. The number of aliphatic hydroxyl groups excluding tert-OH is 3. The minimum absolute atomic E-state index is 0.429. The fourth-order valence-electron chi connectivity index (χ4n) is 2.21. The molecule has 0 fully saturated rings. The molecule has 0 aliphatic carbocycles. The lowest BCUT2D eigenvalue weighted by Crippen LogP contribution is -2.24. The average Bonchev–Trinajstić information content (AvgIpc) is 2.35. The highest BCUT2D eigenvalue weighted by molar-refractivity contribution is 5.41. The maximum atomic E-state index is 10.1. The van der Waals surface area contributed by atoms with Crippen molar-refractivity contribution in [3.05, 3.63) is 34.4 Å². The van der Waals surface area contributed by atoms with Crippen molar-refractivity contribution in [3.8, 4) is 0 Å². The summed E-state index contributed by atoms with van der Waals surface area (Å²) in [6.45, 7) is 5.64. The summed E-state index contributed by atoms with van der Waals surface area (Å²) < 4.78 is 0. The van der Waals surface area contributed by atoms with Crippen molar-refractivity contribution >= 4 is 0 Å². The molecule has 96 valence electrons. The van der Waals surface area contributed by atoms with E-state index in [-0.39, 0.29) is 0 Å². The van der Waals surface area contributed by atoms with E-state index in [0.717, 1.165) is 35.1 Å². The number of hydrogen-bond donors (Lipinski definition) is 3. The summed E-state index contributed by atoms with van der Waals surface area (Å²) in [5.74, 6) is 0. The van der Waals surface area contributed by atoms with E-state index in [4.69, 9.17) is 5.11 Å². The molecule has 2 atom stereocenters. The minimum Gasteiger partial charge on any atom is -0.394 e. The maximum absolute atomic E-state index is 10.1. The Balaban J connectivity index is 3.28. The summed E-state index contributed by atoms with van der Waals surface area (Å²) in [6, 6.07) is 4.06. The first-order valence-electron chi connectivity index (χ1n) is 6.14. The summed E-state index contributed by atoms with van der Waals surface area (Å²) in [7, 11) is 0. The normalized spacial score (nSPS) is 14.7. The molecule has 0 aromatic heterocycles. The molecule has 1 rings (SSSR count). The standard InChI is InChI=1S/C14H22O3/c1-4-10-6-9(3)7-11(5-2)13(10)14(17)12(16)8-15/h6-7,12,14-17H,4-5,8H2,1-3H3. The molecule has 0 radical (unpaired) electrons. The van der Waals surface area contributed by atoms with Gasteiger partial charge in [0.2, 0.25) is 0 Å². The Bertz CT molecular complexity index is 349. The van der Waals surface area contributed by atoms with Gasteiger partial charge < -0.3 is 15.3 Å². The Morgan fingerprint density at radius 1 is 1.06 bits per heavy atom. The monoisotopic (exact) mass is 238 g/mol. The second kappa shape index (κ2) is 6.15. The fourth-order valence-corrected chi connectivity index (χ4v) is 2.21. The first kappa shape index (κ1) is 14.2. The Kier molecular flexibility index (Phi) is 5.12. The van der Waals surface area contributed by atoms with Gasteiger partial charge in [-0.25, -0.2) is 0 Å². The van der Waals surface area contributed by atoms with Crippen LogP contribution in [0.3, 0.4) is 0 Å². The second-order valence-corrected chi connectivity index (χ2v) is 4.40. The van der Waals surface area contributed by atoms with E-state index < -0.39 is 18.8 Å². The van der Waals surface area contributed by atoms with Crippen molar-refractivity contribution in [1.82, 2.24) is 0 Å². The Morgan fingerprint density at radius 3 is 1.88 bits per heavy atom. The Morgan fingerprint density at radius 2 is 1.53 bits per heavy atom. The summed E-state index contributed by atoms with van der Waals surface area (Å²) in [4.78, 5) is 0. The summed E-state index contributed by atoms with van der Waals surface area (Å²) >= 11 is 0. The molecule has 3 heteroatoms. The first-order valence-corrected chi connectivity index (χ1v) is 6.14. The van der Waals surface area contributed by atoms with Gasteiger partial charge in [0.1, 0.15) is 12.2 Å². The van der Waals surface area contributed by atoms with Gasteiger partial charge in [0.05, 0.1) is 6.61 Å². The molecule has 2 unspecified atom stereocenters. The molecule has 1 aromatic carbocycles. The van der Waals surface area contributed by atoms with Crippen LogP contribution in [-0.4, -0.2) is 28.0 Å². The van der Waals surface area contributed by atoms with E-state index in [2.05, 4.69) is 0 Å². The zero-order chi connectivity index (χ0) is 13.0. The van der Waals surface area contributed by atoms with Crippen LogP contribution in [0.5, 0.6) is 0 Å². The van der Waals surface area contributed by atoms with Crippen molar-refractivity contribution in [2.45, 2.75) is 45.8 Å². The van der Waals surface area contributed by atoms with Crippen molar-refractivity contribution in [2.75, 3.05) is 6.61 Å². The van der Waals surface area contributed by atoms with E-state index in [0.29, 0.717) is 0 Å². The zero-order valence-corrected chi connectivity index (χ0v) is 10.8. The molecule has 0 spiro atoms. The van der Waals surface area contributed by atoms with Crippen molar-refractivity contribution < 1.29 is 15.3 Å². The quantitative estimate of drug-likeness (QED) is 0.728. The SMILES string of the molecule is CCc1cc(C)cc(CC)c1C(O)C(O)CO. The molecule has 3 N–H and O–H groups in total. The lowest BCUT2D eigenvalue weighted by molar-refractivity contribution is -0.0160. The molecule has 1 aromatic rings. The second-order valence-electron chi connectivity index (χ2n) is 4.40.